The second kappa shape index (κ2) is 7.54. The Hall–Kier alpha value is -0.570. The molecule has 0 heterocycles. The molecule has 0 aromatic heterocycles. The molecule has 0 atom stereocenters. The van der Waals surface area contributed by atoms with E-state index >= 15 is 0 Å². The van der Waals surface area contributed by atoms with Gasteiger partial charge in [0.25, 0.3) is 0 Å². The molecule has 66 valence electrons. The fourth-order valence-corrected chi connectivity index (χ4v) is 0.750. The number of rotatable bonds is 6. The summed E-state index contributed by atoms with van der Waals surface area (Å²) in [5.74, 6) is 0.0975. The van der Waals surface area contributed by atoms with Crippen molar-refractivity contribution in [2.75, 3.05) is 13.2 Å². The molecule has 0 saturated heterocycles. The molecule has 3 heteroatoms. The molecule has 0 aliphatic heterocycles. The van der Waals surface area contributed by atoms with Gasteiger partial charge in [-0.15, -0.1) is 0 Å². The molecule has 0 aromatic rings. The summed E-state index contributed by atoms with van der Waals surface area (Å²) in [6.45, 7) is 2.97. The molecule has 0 unspecified atom stereocenters. The van der Waals surface area contributed by atoms with Gasteiger partial charge < -0.3 is 10.4 Å². The predicted molar refractivity (Wildman–Crippen MR) is 44.2 cm³/mol. The Bertz CT molecular complexity index is 104. The van der Waals surface area contributed by atoms with E-state index in [0.29, 0.717) is 6.42 Å². The molecule has 0 rings (SSSR count). The lowest BCUT2D eigenvalue weighted by Crippen LogP contribution is -2.23. The Morgan fingerprint density at radius 3 is 2.73 bits per heavy atom. The van der Waals surface area contributed by atoms with Gasteiger partial charge in [0.05, 0.1) is 0 Å². The molecule has 0 radical (unpaired) electrons. The summed E-state index contributed by atoms with van der Waals surface area (Å²) < 4.78 is 0. The first kappa shape index (κ1) is 10.4. The van der Waals surface area contributed by atoms with Crippen LogP contribution in [0.25, 0.3) is 0 Å². The number of aliphatic hydroxyl groups excluding tert-OH is 1. The summed E-state index contributed by atoms with van der Waals surface area (Å²) in [4.78, 5) is 10.9. The molecule has 0 aromatic carbocycles. The van der Waals surface area contributed by atoms with Crippen LogP contribution in [0.15, 0.2) is 0 Å². The van der Waals surface area contributed by atoms with Crippen molar-refractivity contribution in [1.29, 1.82) is 0 Å². The minimum atomic E-state index is 0.0975. The van der Waals surface area contributed by atoms with Crippen LogP contribution >= 0.6 is 0 Å². The van der Waals surface area contributed by atoms with Crippen LogP contribution in [0.3, 0.4) is 0 Å². The summed E-state index contributed by atoms with van der Waals surface area (Å²) in [5, 5.41) is 11.2. The van der Waals surface area contributed by atoms with E-state index in [1.54, 1.807) is 0 Å². The Morgan fingerprint density at radius 1 is 1.45 bits per heavy atom. The highest BCUT2D eigenvalue weighted by Gasteiger charge is 1.97. The van der Waals surface area contributed by atoms with Gasteiger partial charge in [-0.05, 0) is 19.3 Å². The highest BCUT2D eigenvalue weighted by Crippen LogP contribution is 1.93. The van der Waals surface area contributed by atoms with Gasteiger partial charge in [0.15, 0.2) is 0 Å². The van der Waals surface area contributed by atoms with Gasteiger partial charge in [0, 0.05) is 19.6 Å². The van der Waals surface area contributed by atoms with Crippen molar-refractivity contribution in [3.8, 4) is 0 Å². The fraction of sp³-hybridized carbons (Fsp3) is 0.875. The van der Waals surface area contributed by atoms with Crippen LogP contribution in [0.2, 0.25) is 0 Å². The average Bonchev–Trinajstić information content (AvgIpc) is 2.01. The maximum atomic E-state index is 10.9. The van der Waals surface area contributed by atoms with Crippen LogP contribution in [0, 0.1) is 0 Å². The Labute approximate surface area is 67.8 Å². The SMILES string of the molecule is CCCNC(=O)CCCCO. The molecule has 0 aliphatic carbocycles. The summed E-state index contributed by atoms with van der Waals surface area (Å²) in [7, 11) is 0. The lowest BCUT2D eigenvalue weighted by molar-refractivity contribution is -0.121. The standard InChI is InChI=1S/C8H17NO2/c1-2-6-9-8(11)5-3-4-7-10/h10H,2-7H2,1H3,(H,9,11). The first-order valence-electron chi connectivity index (χ1n) is 4.18. The molecule has 0 saturated carbocycles. The maximum absolute atomic E-state index is 10.9. The Kier molecular flexibility index (Phi) is 7.15. The van der Waals surface area contributed by atoms with E-state index in [1.807, 2.05) is 6.92 Å². The lowest BCUT2D eigenvalue weighted by Gasteiger charge is -2.01. The van der Waals surface area contributed by atoms with Crippen LogP contribution in [0.4, 0.5) is 0 Å². The summed E-state index contributed by atoms with van der Waals surface area (Å²) in [6, 6.07) is 0. The van der Waals surface area contributed by atoms with Crippen molar-refractivity contribution in [3.05, 3.63) is 0 Å². The zero-order valence-electron chi connectivity index (χ0n) is 7.10. The number of aliphatic hydroxyl groups is 1. The quantitative estimate of drug-likeness (QED) is 0.560. The Morgan fingerprint density at radius 2 is 2.18 bits per heavy atom. The van der Waals surface area contributed by atoms with Crippen LogP contribution in [0.1, 0.15) is 32.6 Å². The second-order valence-corrected chi connectivity index (χ2v) is 2.53. The van der Waals surface area contributed by atoms with Crippen LogP contribution in [0.5, 0.6) is 0 Å². The van der Waals surface area contributed by atoms with Crippen molar-refractivity contribution in [2.24, 2.45) is 0 Å². The molecule has 11 heavy (non-hydrogen) atoms. The molecule has 2 N–H and O–H groups in total. The van der Waals surface area contributed by atoms with Gasteiger partial charge in [-0.3, -0.25) is 4.79 Å². The Balaban J connectivity index is 3.09. The zero-order valence-corrected chi connectivity index (χ0v) is 7.10. The van der Waals surface area contributed by atoms with E-state index in [1.165, 1.54) is 0 Å². The van der Waals surface area contributed by atoms with E-state index in [4.69, 9.17) is 5.11 Å². The average molecular weight is 159 g/mol. The van der Waals surface area contributed by atoms with Gasteiger partial charge >= 0.3 is 0 Å². The molecule has 0 spiro atoms. The van der Waals surface area contributed by atoms with Gasteiger partial charge in [-0.25, -0.2) is 0 Å². The molecular weight excluding hydrogens is 142 g/mol. The number of carbonyl (C=O) groups excluding carboxylic acids is 1. The fourth-order valence-electron chi connectivity index (χ4n) is 0.750. The van der Waals surface area contributed by atoms with Crippen molar-refractivity contribution in [3.63, 3.8) is 0 Å². The van der Waals surface area contributed by atoms with E-state index in [0.717, 1.165) is 25.8 Å². The smallest absolute Gasteiger partial charge is 0.219 e. The minimum absolute atomic E-state index is 0.0975. The van der Waals surface area contributed by atoms with E-state index in [-0.39, 0.29) is 12.5 Å². The summed E-state index contributed by atoms with van der Waals surface area (Å²) >= 11 is 0. The number of unbranched alkanes of at least 4 members (excludes halogenated alkanes) is 1. The van der Waals surface area contributed by atoms with Crippen molar-refractivity contribution >= 4 is 5.91 Å². The van der Waals surface area contributed by atoms with Crippen LogP contribution in [-0.4, -0.2) is 24.2 Å². The third kappa shape index (κ3) is 7.33. The number of hydrogen-bond donors (Lipinski definition) is 2. The van der Waals surface area contributed by atoms with Crippen molar-refractivity contribution in [2.45, 2.75) is 32.6 Å². The normalized spacial score (nSPS) is 9.64. The highest BCUT2D eigenvalue weighted by molar-refractivity contribution is 5.75. The second-order valence-electron chi connectivity index (χ2n) is 2.53. The molecular formula is C8H17NO2. The molecule has 0 bridgehead atoms. The topological polar surface area (TPSA) is 49.3 Å². The van der Waals surface area contributed by atoms with E-state index < -0.39 is 0 Å². The molecule has 0 aliphatic rings. The predicted octanol–water partition coefficient (Wildman–Crippen LogP) is 0.675. The van der Waals surface area contributed by atoms with Gasteiger partial charge in [-0.2, -0.15) is 0 Å². The third-order valence-corrected chi connectivity index (χ3v) is 1.38. The maximum Gasteiger partial charge on any atom is 0.219 e. The van der Waals surface area contributed by atoms with Crippen molar-refractivity contribution in [1.82, 2.24) is 5.32 Å². The van der Waals surface area contributed by atoms with Gasteiger partial charge in [0.2, 0.25) is 5.91 Å². The third-order valence-electron chi connectivity index (χ3n) is 1.38. The highest BCUT2D eigenvalue weighted by atomic mass is 16.2. The van der Waals surface area contributed by atoms with Crippen LogP contribution in [-0.2, 0) is 4.79 Å². The largest absolute Gasteiger partial charge is 0.396 e. The first-order chi connectivity index (χ1) is 5.31. The minimum Gasteiger partial charge on any atom is -0.396 e. The monoisotopic (exact) mass is 159 g/mol. The zero-order chi connectivity index (χ0) is 8.53. The number of nitrogens with one attached hydrogen (secondary N) is 1. The molecule has 0 fully saturated rings. The van der Waals surface area contributed by atoms with E-state index in [9.17, 15) is 4.79 Å². The summed E-state index contributed by atoms with van der Waals surface area (Å²) in [6.07, 6.45) is 3.03. The van der Waals surface area contributed by atoms with Crippen molar-refractivity contribution < 1.29 is 9.90 Å². The summed E-state index contributed by atoms with van der Waals surface area (Å²) in [5.41, 5.74) is 0. The first-order valence-corrected chi connectivity index (χ1v) is 4.18. The van der Waals surface area contributed by atoms with E-state index in [2.05, 4.69) is 5.32 Å². The molecule has 3 nitrogen and oxygen atoms in total. The number of carbonyl (C=O) groups is 1. The van der Waals surface area contributed by atoms with Gasteiger partial charge in [-0.1, -0.05) is 6.92 Å². The number of hydrogen-bond acceptors (Lipinski definition) is 2. The van der Waals surface area contributed by atoms with Crippen LogP contribution < -0.4 is 5.32 Å². The molecule has 1 amide bonds. The lowest BCUT2D eigenvalue weighted by atomic mass is 10.2. The number of amides is 1. The van der Waals surface area contributed by atoms with Gasteiger partial charge in [0.1, 0.15) is 0 Å².